The van der Waals surface area contributed by atoms with Crippen LogP contribution in [0, 0.1) is 22.7 Å². The van der Waals surface area contributed by atoms with Crippen LogP contribution in [0.15, 0.2) is 35.7 Å². The van der Waals surface area contributed by atoms with Crippen LogP contribution >= 0.6 is 0 Å². The Morgan fingerprint density at radius 1 is 1.44 bits per heavy atom. The molecule has 0 spiro atoms. The Labute approximate surface area is 107 Å². The quantitative estimate of drug-likeness (QED) is 0.526. The molecule has 0 N–H and O–H groups in total. The molecule has 5 heteroatoms. The molecule has 0 radical (unpaired) electrons. The molecule has 0 bridgehead atoms. The third-order valence-corrected chi connectivity index (χ3v) is 3.86. The predicted octanol–water partition coefficient (Wildman–Crippen LogP) is -0.264. The van der Waals surface area contributed by atoms with Crippen LogP contribution in [0.3, 0.4) is 0 Å². The second-order valence-electron chi connectivity index (χ2n) is 4.92. The number of nitriles is 2. The maximum Gasteiger partial charge on any atom is 0.126 e. The summed E-state index contributed by atoms with van der Waals surface area (Å²) in [7, 11) is 3.52. The Morgan fingerprint density at radius 2 is 2.22 bits per heavy atom. The molecule has 1 atom stereocenters. The van der Waals surface area contributed by atoms with E-state index >= 15 is 0 Å². The molecule has 1 aliphatic carbocycles. The molecule has 2 rings (SSSR count). The molecule has 1 aromatic heterocycles. The van der Waals surface area contributed by atoms with E-state index in [0.717, 1.165) is 11.1 Å². The zero-order valence-electron chi connectivity index (χ0n) is 10.9. The number of imidazole rings is 1. The minimum atomic E-state index is -0.524. The van der Waals surface area contributed by atoms with Crippen molar-refractivity contribution in [3.05, 3.63) is 35.7 Å². The summed E-state index contributed by atoms with van der Waals surface area (Å²) in [5, 5.41) is 18.1. The second kappa shape index (κ2) is 4.93. The van der Waals surface area contributed by atoms with Crippen LogP contribution < -0.4 is 10.3 Å². The van der Waals surface area contributed by atoms with Gasteiger partial charge < -0.3 is 0 Å². The Kier molecular flexibility index (Phi) is 3.34. The van der Waals surface area contributed by atoms with Crippen molar-refractivity contribution in [2.45, 2.75) is 12.2 Å². The Hall–Kier alpha value is -2.27. The summed E-state index contributed by atoms with van der Waals surface area (Å²) in [5.74, 6) is 0.137. The third-order valence-electron chi connectivity index (χ3n) is 3.86. The van der Waals surface area contributed by atoms with E-state index in [1.54, 1.807) is 0 Å². The van der Waals surface area contributed by atoms with Crippen LogP contribution in [0.25, 0.3) is 0 Å². The van der Waals surface area contributed by atoms with Crippen LogP contribution in [0.1, 0.15) is 6.42 Å². The lowest BCUT2D eigenvalue weighted by Gasteiger charge is -2.20. The first kappa shape index (κ1) is 12.2. The van der Waals surface area contributed by atoms with Crippen molar-refractivity contribution in [1.82, 2.24) is 4.57 Å². The van der Waals surface area contributed by atoms with Crippen molar-refractivity contribution in [1.29, 1.82) is 10.5 Å². The largest absolute Gasteiger partial charge is 0.274 e. The van der Waals surface area contributed by atoms with Crippen LogP contribution in [0.5, 0.6) is 0 Å². The predicted molar refractivity (Wildman–Crippen MR) is 70.5 cm³/mol. The minimum absolute atomic E-state index is 0.137. The van der Waals surface area contributed by atoms with E-state index in [9.17, 15) is 0 Å². The van der Waals surface area contributed by atoms with Crippen LogP contribution in [-0.2, 0) is 14.1 Å². The Bertz CT molecular complexity index is 590. The van der Waals surface area contributed by atoms with E-state index in [1.165, 1.54) is 5.72 Å². The molecular formula is C13H15BN4. The van der Waals surface area contributed by atoms with Gasteiger partial charge in [0.2, 0.25) is 0 Å². The number of nitrogens with zero attached hydrogens (tertiary/aromatic N) is 4. The van der Waals surface area contributed by atoms with Crippen molar-refractivity contribution < 1.29 is 4.57 Å². The molecule has 0 aliphatic heterocycles. The lowest BCUT2D eigenvalue weighted by atomic mass is 9.58. The van der Waals surface area contributed by atoms with Gasteiger partial charge in [-0.05, 0) is 5.57 Å². The van der Waals surface area contributed by atoms with E-state index in [1.807, 2.05) is 38.6 Å². The van der Waals surface area contributed by atoms with E-state index in [2.05, 4.69) is 21.3 Å². The van der Waals surface area contributed by atoms with E-state index < -0.39 is 7.28 Å². The number of allylic oxidation sites excluding steroid dienone is 4. The number of hydrogen-bond donors (Lipinski definition) is 0. The van der Waals surface area contributed by atoms with E-state index in [0.29, 0.717) is 6.42 Å². The van der Waals surface area contributed by atoms with Gasteiger partial charge in [-0.15, -0.1) is 5.82 Å². The first-order valence-electron chi connectivity index (χ1n) is 6.18. The number of aryl methyl sites for hydroxylation is 2. The lowest BCUT2D eigenvalue weighted by Crippen LogP contribution is -2.50. The van der Waals surface area contributed by atoms with E-state index in [4.69, 9.17) is 10.5 Å². The maximum atomic E-state index is 9.16. The molecule has 90 valence electrons. The highest BCUT2D eigenvalue weighted by Gasteiger charge is 2.17. The van der Waals surface area contributed by atoms with Gasteiger partial charge in [0.1, 0.15) is 19.7 Å². The van der Waals surface area contributed by atoms with Gasteiger partial charge in [-0.25, -0.2) is 0 Å². The number of aromatic nitrogens is 2. The average molecular weight is 238 g/mol. The fourth-order valence-corrected chi connectivity index (χ4v) is 2.68. The summed E-state index contributed by atoms with van der Waals surface area (Å²) in [6.07, 6.45) is 8.52. The van der Waals surface area contributed by atoms with Gasteiger partial charge in [-0.1, -0.05) is 12.2 Å². The molecule has 18 heavy (non-hydrogen) atoms. The molecule has 0 aromatic carbocycles. The maximum absolute atomic E-state index is 9.16. The highest BCUT2D eigenvalue weighted by atomic mass is 15.1. The van der Waals surface area contributed by atoms with Gasteiger partial charge in [-0.2, -0.15) is 10.5 Å². The average Bonchev–Trinajstić information content (AvgIpc) is 2.70. The molecule has 1 aromatic rings. The topological polar surface area (TPSA) is 56.4 Å². The SMILES string of the molecule is Cn1cc[n+](C)c1[BH2-][C@H]1C=C(C#N)CC=C1C#N. The monoisotopic (exact) mass is 238 g/mol. The summed E-state index contributed by atoms with van der Waals surface area (Å²) >= 11 is 0. The van der Waals surface area contributed by atoms with Crippen LogP contribution in [0.4, 0.5) is 0 Å². The molecule has 1 aliphatic rings. The van der Waals surface area contributed by atoms with Crippen molar-refractivity contribution >= 4 is 13.0 Å². The molecule has 4 nitrogen and oxygen atoms in total. The smallest absolute Gasteiger partial charge is 0.126 e. The molecular weight excluding hydrogens is 223 g/mol. The fraction of sp³-hybridized carbons (Fsp3) is 0.308. The van der Waals surface area contributed by atoms with Crippen molar-refractivity contribution in [3.8, 4) is 12.1 Å². The van der Waals surface area contributed by atoms with Gasteiger partial charge >= 0.3 is 0 Å². The Morgan fingerprint density at radius 3 is 2.78 bits per heavy atom. The number of hydrogen-bond acceptors (Lipinski definition) is 2. The third kappa shape index (κ3) is 2.21. The summed E-state index contributed by atoms with van der Waals surface area (Å²) < 4.78 is 4.20. The van der Waals surface area contributed by atoms with E-state index in [-0.39, 0.29) is 5.82 Å². The zero-order chi connectivity index (χ0) is 13.1. The van der Waals surface area contributed by atoms with Crippen LogP contribution in [-0.4, -0.2) is 11.8 Å². The summed E-state index contributed by atoms with van der Waals surface area (Å²) in [4.78, 5) is 0. The fourth-order valence-electron chi connectivity index (χ4n) is 2.68. The van der Waals surface area contributed by atoms with Gasteiger partial charge in [0.15, 0.2) is 0 Å². The Balaban J connectivity index is 2.29. The lowest BCUT2D eigenvalue weighted by molar-refractivity contribution is -0.653. The zero-order valence-corrected chi connectivity index (χ0v) is 10.9. The number of rotatable bonds is 2. The summed E-state index contributed by atoms with van der Waals surface area (Å²) in [6.45, 7) is 0. The molecule has 0 saturated carbocycles. The molecule has 0 saturated heterocycles. The summed E-state index contributed by atoms with van der Waals surface area (Å²) in [5.41, 5.74) is 2.85. The standard InChI is InChI=1S/C13H15BN4/c1-17-5-6-18(2)13(17)14-12-7-10(8-15)3-4-11(12)9-16/h4-7,12H,3,14H2,1-2H3/t12-/m0/s1. The highest BCUT2D eigenvalue weighted by Crippen LogP contribution is 2.26. The van der Waals surface area contributed by atoms with Crippen LogP contribution in [0.2, 0.25) is 5.82 Å². The molecule has 0 unspecified atom stereocenters. The molecule has 0 amide bonds. The normalized spacial score (nSPS) is 18.6. The minimum Gasteiger partial charge on any atom is -0.274 e. The van der Waals surface area contributed by atoms with Crippen molar-refractivity contribution in [3.63, 3.8) is 0 Å². The van der Waals surface area contributed by atoms with Crippen molar-refractivity contribution in [2.24, 2.45) is 14.1 Å². The summed E-state index contributed by atoms with van der Waals surface area (Å²) in [6, 6.07) is 4.47. The molecule has 0 fully saturated rings. The highest BCUT2D eigenvalue weighted by molar-refractivity contribution is 6.54. The van der Waals surface area contributed by atoms with Gasteiger partial charge in [0.05, 0.1) is 32.0 Å². The molecule has 1 heterocycles. The first-order valence-corrected chi connectivity index (χ1v) is 6.18. The first-order chi connectivity index (χ1) is 8.65. The van der Waals surface area contributed by atoms with Gasteiger partial charge in [0, 0.05) is 12.0 Å². The van der Waals surface area contributed by atoms with Gasteiger partial charge in [0.25, 0.3) is 0 Å². The second-order valence-corrected chi connectivity index (χ2v) is 4.92. The van der Waals surface area contributed by atoms with Crippen molar-refractivity contribution in [2.75, 3.05) is 0 Å². The van der Waals surface area contributed by atoms with Gasteiger partial charge in [-0.3, -0.25) is 9.13 Å².